The fourth-order valence-electron chi connectivity index (χ4n) is 0.494. The molecule has 0 saturated heterocycles. The van der Waals surface area contributed by atoms with Crippen molar-refractivity contribution < 1.29 is 0 Å². The van der Waals surface area contributed by atoms with E-state index in [1.54, 1.807) is 18.5 Å². The Bertz CT molecular complexity index is 229. The molecule has 1 aromatic rings. The molecule has 0 aromatic carbocycles. The van der Waals surface area contributed by atoms with Crippen molar-refractivity contribution in [3.8, 4) is 0 Å². The molecular weight excluding hydrogens is 194 g/mol. The lowest BCUT2D eigenvalue weighted by molar-refractivity contribution is 1.12. The molecule has 3 nitrogen and oxygen atoms in total. The molecule has 0 fully saturated rings. The van der Waals surface area contributed by atoms with Crippen LogP contribution in [0.5, 0.6) is 0 Å². The van der Waals surface area contributed by atoms with Gasteiger partial charge in [-0.1, -0.05) is 0 Å². The standard InChI is InChI=1S/C6H6BrN3/c7-5-3-9-6(1-2-8)10-4-5/h1-4H,8H2. The predicted octanol–water partition coefficient (Wildman–Crippen LogP) is 1.17. The zero-order valence-electron chi connectivity index (χ0n) is 5.16. The summed E-state index contributed by atoms with van der Waals surface area (Å²) in [4.78, 5) is 7.89. The molecule has 52 valence electrons. The van der Waals surface area contributed by atoms with Gasteiger partial charge in [0.15, 0.2) is 5.82 Å². The van der Waals surface area contributed by atoms with Crippen molar-refractivity contribution in [3.63, 3.8) is 0 Å². The molecule has 2 N–H and O–H groups in total. The summed E-state index contributed by atoms with van der Waals surface area (Å²) in [6.45, 7) is 0. The molecule has 0 saturated carbocycles. The number of hydrogen-bond acceptors (Lipinski definition) is 3. The Hall–Kier alpha value is -0.900. The van der Waals surface area contributed by atoms with Crippen LogP contribution >= 0.6 is 15.9 Å². The maximum Gasteiger partial charge on any atom is 0.153 e. The maximum absolute atomic E-state index is 5.13. The van der Waals surface area contributed by atoms with Crippen molar-refractivity contribution in [2.75, 3.05) is 0 Å². The molecule has 10 heavy (non-hydrogen) atoms. The smallest absolute Gasteiger partial charge is 0.153 e. The zero-order valence-corrected chi connectivity index (χ0v) is 6.75. The Labute approximate surface area is 67.1 Å². The number of hydrogen-bond donors (Lipinski definition) is 1. The highest BCUT2D eigenvalue weighted by Crippen LogP contribution is 2.04. The SMILES string of the molecule is NC=Cc1ncc(Br)cn1. The second kappa shape index (κ2) is 3.31. The van der Waals surface area contributed by atoms with Gasteiger partial charge in [-0.25, -0.2) is 9.97 Å². The number of halogens is 1. The lowest BCUT2D eigenvalue weighted by atomic mass is 10.5. The molecule has 1 aromatic heterocycles. The molecule has 1 heterocycles. The first-order chi connectivity index (χ1) is 4.83. The topological polar surface area (TPSA) is 51.8 Å². The second-order valence-corrected chi connectivity index (χ2v) is 2.53. The number of nitrogens with two attached hydrogens (primary N) is 1. The van der Waals surface area contributed by atoms with Gasteiger partial charge in [-0.05, 0) is 28.2 Å². The fourth-order valence-corrected chi connectivity index (χ4v) is 0.699. The normalized spacial score (nSPS) is 10.5. The van der Waals surface area contributed by atoms with Crippen LogP contribution in [0.4, 0.5) is 0 Å². The molecule has 0 unspecified atom stereocenters. The van der Waals surface area contributed by atoms with E-state index in [1.807, 2.05) is 0 Å². The van der Waals surface area contributed by atoms with Crippen LogP contribution in [0.1, 0.15) is 5.82 Å². The summed E-state index contributed by atoms with van der Waals surface area (Å²) < 4.78 is 0.863. The highest BCUT2D eigenvalue weighted by molar-refractivity contribution is 9.10. The Morgan fingerprint density at radius 2 is 2.00 bits per heavy atom. The summed E-state index contributed by atoms with van der Waals surface area (Å²) in [7, 11) is 0. The molecule has 0 aliphatic carbocycles. The van der Waals surface area contributed by atoms with Crippen molar-refractivity contribution in [1.29, 1.82) is 0 Å². The average molecular weight is 200 g/mol. The molecule has 1 rings (SSSR count). The van der Waals surface area contributed by atoms with Crippen LogP contribution in [0.25, 0.3) is 6.08 Å². The predicted molar refractivity (Wildman–Crippen MR) is 43.0 cm³/mol. The highest BCUT2D eigenvalue weighted by atomic mass is 79.9. The Morgan fingerprint density at radius 1 is 1.40 bits per heavy atom. The minimum atomic E-state index is 0.616. The van der Waals surface area contributed by atoms with Gasteiger partial charge >= 0.3 is 0 Å². The van der Waals surface area contributed by atoms with Crippen LogP contribution in [0, 0.1) is 0 Å². The molecular formula is C6H6BrN3. The van der Waals surface area contributed by atoms with E-state index in [0.29, 0.717) is 5.82 Å². The van der Waals surface area contributed by atoms with Gasteiger partial charge in [0, 0.05) is 12.4 Å². The van der Waals surface area contributed by atoms with Gasteiger partial charge in [0.05, 0.1) is 4.47 Å². The average Bonchev–Trinajstić information content (AvgIpc) is 1.95. The third-order valence-corrected chi connectivity index (χ3v) is 1.30. The van der Waals surface area contributed by atoms with E-state index in [1.165, 1.54) is 6.20 Å². The summed E-state index contributed by atoms with van der Waals surface area (Å²) in [5.41, 5.74) is 5.13. The first kappa shape index (κ1) is 7.21. The van der Waals surface area contributed by atoms with Crippen molar-refractivity contribution in [2.24, 2.45) is 5.73 Å². The molecule has 0 amide bonds. The van der Waals surface area contributed by atoms with E-state index >= 15 is 0 Å². The molecule has 0 bridgehead atoms. The molecule has 0 aliphatic heterocycles. The zero-order chi connectivity index (χ0) is 7.40. The van der Waals surface area contributed by atoms with Gasteiger partial charge in [-0.2, -0.15) is 0 Å². The van der Waals surface area contributed by atoms with Crippen molar-refractivity contribution >= 4 is 22.0 Å². The van der Waals surface area contributed by atoms with E-state index in [-0.39, 0.29) is 0 Å². The van der Waals surface area contributed by atoms with Crippen LogP contribution in [-0.2, 0) is 0 Å². The quantitative estimate of drug-likeness (QED) is 0.740. The fraction of sp³-hybridized carbons (Fsp3) is 0. The van der Waals surface area contributed by atoms with Crippen LogP contribution < -0.4 is 5.73 Å². The summed E-state index contributed by atoms with van der Waals surface area (Å²) in [6, 6.07) is 0. The van der Waals surface area contributed by atoms with E-state index in [0.717, 1.165) is 4.47 Å². The minimum absolute atomic E-state index is 0.616. The maximum atomic E-state index is 5.13. The summed E-state index contributed by atoms with van der Waals surface area (Å²) in [5, 5.41) is 0. The van der Waals surface area contributed by atoms with Gasteiger partial charge in [0.1, 0.15) is 0 Å². The van der Waals surface area contributed by atoms with Crippen LogP contribution in [0.15, 0.2) is 23.1 Å². The number of rotatable bonds is 1. The van der Waals surface area contributed by atoms with Crippen molar-refractivity contribution in [2.45, 2.75) is 0 Å². The Morgan fingerprint density at radius 3 is 2.50 bits per heavy atom. The Kier molecular flexibility index (Phi) is 2.39. The summed E-state index contributed by atoms with van der Waals surface area (Å²) in [6.07, 6.45) is 6.38. The Balaban J connectivity index is 2.89. The largest absolute Gasteiger partial charge is 0.404 e. The minimum Gasteiger partial charge on any atom is -0.404 e. The number of nitrogens with zero attached hydrogens (tertiary/aromatic N) is 2. The van der Waals surface area contributed by atoms with E-state index in [2.05, 4.69) is 25.9 Å². The van der Waals surface area contributed by atoms with Gasteiger partial charge in [0.2, 0.25) is 0 Å². The third kappa shape index (κ3) is 1.80. The molecule has 4 heteroatoms. The van der Waals surface area contributed by atoms with Gasteiger partial charge < -0.3 is 5.73 Å². The first-order valence-electron chi connectivity index (χ1n) is 2.69. The molecule has 0 aliphatic rings. The third-order valence-electron chi connectivity index (χ3n) is 0.886. The molecule has 0 atom stereocenters. The molecule has 0 radical (unpaired) electrons. The van der Waals surface area contributed by atoms with E-state index in [9.17, 15) is 0 Å². The lowest BCUT2D eigenvalue weighted by Crippen LogP contribution is -1.86. The number of aromatic nitrogens is 2. The second-order valence-electron chi connectivity index (χ2n) is 1.62. The van der Waals surface area contributed by atoms with Crippen molar-refractivity contribution in [1.82, 2.24) is 9.97 Å². The van der Waals surface area contributed by atoms with Gasteiger partial charge in [-0.3, -0.25) is 0 Å². The summed E-state index contributed by atoms with van der Waals surface area (Å²) in [5.74, 6) is 0.616. The highest BCUT2D eigenvalue weighted by Gasteiger charge is 1.87. The van der Waals surface area contributed by atoms with E-state index < -0.39 is 0 Å². The summed E-state index contributed by atoms with van der Waals surface area (Å²) >= 11 is 3.22. The first-order valence-corrected chi connectivity index (χ1v) is 3.48. The lowest BCUT2D eigenvalue weighted by Gasteiger charge is -1.89. The van der Waals surface area contributed by atoms with Crippen LogP contribution in [0.3, 0.4) is 0 Å². The van der Waals surface area contributed by atoms with E-state index in [4.69, 9.17) is 5.73 Å². The van der Waals surface area contributed by atoms with Crippen LogP contribution in [0.2, 0.25) is 0 Å². The van der Waals surface area contributed by atoms with Crippen molar-refractivity contribution in [3.05, 3.63) is 28.9 Å². The molecule has 0 spiro atoms. The van der Waals surface area contributed by atoms with Crippen LogP contribution in [-0.4, -0.2) is 9.97 Å². The van der Waals surface area contributed by atoms with Gasteiger partial charge in [0.25, 0.3) is 0 Å². The monoisotopic (exact) mass is 199 g/mol. The van der Waals surface area contributed by atoms with Gasteiger partial charge in [-0.15, -0.1) is 0 Å².